The standard InChI is InChI=1S/C12H20N2O3/c1-3-16-12(15)10-5-8-17-11(10)9-14(2)7-4-6-13/h5,8H,3-4,6-7,9,13H2,1-2H3. The Morgan fingerprint density at radius 2 is 2.35 bits per heavy atom. The molecule has 0 aliphatic heterocycles. The van der Waals surface area contributed by atoms with E-state index in [0.29, 0.717) is 31.0 Å². The summed E-state index contributed by atoms with van der Waals surface area (Å²) in [6.07, 6.45) is 2.43. The Labute approximate surface area is 102 Å². The van der Waals surface area contributed by atoms with Crippen LogP contribution in [0.4, 0.5) is 0 Å². The summed E-state index contributed by atoms with van der Waals surface area (Å²) in [4.78, 5) is 13.7. The van der Waals surface area contributed by atoms with E-state index in [9.17, 15) is 4.79 Å². The van der Waals surface area contributed by atoms with E-state index >= 15 is 0 Å². The fraction of sp³-hybridized carbons (Fsp3) is 0.583. The average molecular weight is 240 g/mol. The third kappa shape index (κ3) is 4.20. The van der Waals surface area contributed by atoms with E-state index < -0.39 is 0 Å². The number of carbonyl (C=O) groups is 1. The first-order valence-electron chi connectivity index (χ1n) is 5.81. The summed E-state index contributed by atoms with van der Waals surface area (Å²) in [5.74, 6) is 0.312. The lowest BCUT2D eigenvalue weighted by Gasteiger charge is -2.14. The Balaban J connectivity index is 2.59. The molecular weight excluding hydrogens is 220 g/mol. The zero-order valence-corrected chi connectivity index (χ0v) is 10.4. The van der Waals surface area contributed by atoms with Crippen LogP contribution in [-0.2, 0) is 11.3 Å². The second-order valence-electron chi connectivity index (χ2n) is 3.86. The van der Waals surface area contributed by atoms with Gasteiger partial charge in [-0.15, -0.1) is 0 Å². The van der Waals surface area contributed by atoms with Crippen molar-refractivity contribution in [3.8, 4) is 0 Å². The van der Waals surface area contributed by atoms with Crippen molar-refractivity contribution in [2.24, 2.45) is 5.73 Å². The van der Waals surface area contributed by atoms with Gasteiger partial charge in [-0.05, 0) is 39.5 Å². The molecule has 96 valence electrons. The molecule has 0 bridgehead atoms. The van der Waals surface area contributed by atoms with Gasteiger partial charge in [-0.2, -0.15) is 0 Å². The smallest absolute Gasteiger partial charge is 0.341 e. The van der Waals surface area contributed by atoms with Crippen LogP contribution in [0.2, 0.25) is 0 Å². The fourth-order valence-electron chi connectivity index (χ4n) is 1.54. The summed E-state index contributed by atoms with van der Waals surface area (Å²) in [6.45, 7) is 4.27. The highest BCUT2D eigenvalue weighted by molar-refractivity contribution is 5.90. The van der Waals surface area contributed by atoms with Crippen LogP contribution in [0.1, 0.15) is 29.5 Å². The Hall–Kier alpha value is -1.33. The van der Waals surface area contributed by atoms with Gasteiger partial charge in [-0.1, -0.05) is 0 Å². The van der Waals surface area contributed by atoms with Crippen LogP contribution in [0, 0.1) is 0 Å². The van der Waals surface area contributed by atoms with Gasteiger partial charge in [-0.3, -0.25) is 4.90 Å². The molecule has 1 aromatic heterocycles. The second-order valence-corrected chi connectivity index (χ2v) is 3.86. The lowest BCUT2D eigenvalue weighted by molar-refractivity contribution is 0.0522. The molecular formula is C12H20N2O3. The molecule has 0 fully saturated rings. The first-order valence-corrected chi connectivity index (χ1v) is 5.81. The van der Waals surface area contributed by atoms with Gasteiger partial charge in [-0.25, -0.2) is 4.79 Å². The van der Waals surface area contributed by atoms with Crippen molar-refractivity contribution in [3.05, 3.63) is 23.7 Å². The van der Waals surface area contributed by atoms with E-state index in [4.69, 9.17) is 14.9 Å². The van der Waals surface area contributed by atoms with Crippen molar-refractivity contribution >= 4 is 5.97 Å². The van der Waals surface area contributed by atoms with Crippen molar-refractivity contribution < 1.29 is 13.9 Å². The van der Waals surface area contributed by atoms with Gasteiger partial charge in [0.2, 0.25) is 0 Å². The van der Waals surface area contributed by atoms with Gasteiger partial charge in [0.1, 0.15) is 11.3 Å². The predicted octanol–water partition coefficient (Wildman–Crippen LogP) is 1.24. The second kappa shape index (κ2) is 7.09. The highest BCUT2D eigenvalue weighted by Crippen LogP contribution is 2.14. The first kappa shape index (κ1) is 13.7. The van der Waals surface area contributed by atoms with Crippen molar-refractivity contribution in [3.63, 3.8) is 0 Å². The third-order valence-corrected chi connectivity index (χ3v) is 2.40. The largest absolute Gasteiger partial charge is 0.467 e. The Morgan fingerprint density at radius 1 is 1.59 bits per heavy atom. The molecule has 1 heterocycles. The number of rotatable bonds is 7. The molecule has 5 nitrogen and oxygen atoms in total. The molecule has 0 saturated carbocycles. The molecule has 0 saturated heterocycles. The molecule has 5 heteroatoms. The molecule has 0 atom stereocenters. The minimum absolute atomic E-state index is 0.330. The number of hydrogen-bond donors (Lipinski definition) is 1. The molecule has 0 radical (unpaired) electrons. The van der Waals surface area contributed by atoms with Gasteiger partial charge < -0.3 is 14.9 Å². The summed E-state index contributed by atoms with van der Waals surface area (Å²) in [7, 11) is 1.97. The predicted molar refractivity (Wildman–Crippen MR) is 64.7 cm³/mol. The fourth-order valence-corrected chi connectivity index (χ4v) is 1.54. The van der Waals surface area contributed by atoms with Gasteiger partial charge in [0.15, 0.2) is 0 Å². The number of hydrogen-bond acceptors (Lipinski definition) is 5. The highest BCUT2D eigenvalue weighted by atomic mass is 16.5. The van der Waals surface area contributed by atoms with Crippen molar-refractivity contribution in [2.75, 3.05) is 26.7 Å². The number of ether oxygens (including phenoxy) is 1. The Morgan fingerprint density at radius 3 is 3.00 bits per heavy atom. The summed E-state index contributed by atoms with van der Waals surface area (Å²) in [5, 5.41) is 0. The van der Waals surface area contributed by atoms with Crippen LogP contribution in [0.25, 0.3) is 0 Å². The van der Waals surface area contributed by atoms with Crippen LogP contribution in [0.5, 0.6) is 0 Å². The van der Waals surface area contributed by atoms with E-state index in [0.717, 1.165) is 13.0 Å². The summed E-state index contributed by atoms with van der Waals surface area (Å²) >= 11 is 0. The molecule has 1 rings (SSSR count). The minimum Gasteiger partial charge on any atom is -0.467 e. The molecule has 0 amide bonds. The third-order valence-electron chi connectivity index (χ3n) is 2.40. The summed E-state index contributed by atoms with van der Waals surface area (Å²) in [6, 6.07) is 1.64. The van der Waals surface area contributed by atoms with E-state index in [1.54, 1.807) is 13.0 Å². The molecule has 2 N–H and O–H groups in total. The van der Waals surface area contributed by atoms with Crippen molar-refractivity contribution in [1.29, 1.82) is 0 Å². The highest BCUT2D eigenvalue weighted by Gasteiger charge is 2.16. The maximum absolute atomic E-state index is 11.6. The zero-order valence-electron chi connectivity index (χ0n) is 10.4. The number of esters is 1. The Bertz CT molecular complexity index is 349. The number of furan rings is 1. The van der Waals surface area contributed by atoms with Crippen molar-refractivity contribution in [2.45, 2.75) is 19.9 Å². The van der Waals surface area contributed by atoms with Crippen LogP contribution < -0.4 is 5.73 Å². The average Bonchev–Trinajstić information content (AvgIpc) is 2.75. The maximum Gasteiger partial charge on any atom is 0.341 e. The number of nitrogens with two attached hydrogens (primary N) is 1. The summed E-state index contributed by atoms with van der Waals surface area (Å²) < 4.78 is 10.3. The van der Waals surface area contributed by atoms with Crippen LogP contribution in [0.3, 0.4) is 0 Å². The first-order chi connectivity index (χ1) is 8.19. The van der Waals surface area contributed by atoms with E-state index in [2.05, 4.69) is 4.90 Å². The van der Waals surface area contributed by atoms with E-state index in [-0.39, 0.29) is 5.97 Å². The molecule has 0 aromatic carbocycles. The number of nitrogens with zero attached hydrogens (tertiary/aromatic N) is 1. The van der Waals surface area contributed by atoms with Gasteiger partial charge in [0, 0.05) is 0 Å². The topological polar surface area (TPSA) is 68.7 Å². The van der Waals surface area contributed by atoms with E-state index in [1.165, 1.54) is 6.26 Å². The van der Waals surface area contributed by atoms with E-state index in [1.807, 2.05) is 7.05 Å². The van der Waals surface area contributed by atoms with Gasteiger partial charge in [0.05, 0.1) is 19.4 Å². The quantitative estimate of drug-likeness (QED) is 0.726. The normalized spacial score (nSPS) is 10.8. The lowest BCUT2D eigenvalue weighted by atomic mass is 10.2. The molecule has 17 heavy (non-hydrogen) atoms. The monoisotopic (exact) mass is 240 g/mol. The zero-order chi connectivity index (χ0) is 12.7. The Kier molecular flexibility index (Phi) is 5.72. The van der Waals surface area contributed by atoms with Crippen molar-refractivity contribution in [1.82, 2.24) is 4.90 Å². The van der Waals surface area contributed by atoms with Crippen LogP contribution in [-0.4, -0.2) is 37.6 Å². The van der Waals surface area contributed by atoms with Crippen LogP contribution >= 0.6 is 0 Å². The lowest BCUT2D eigenvalue weighted by Crippen LogP contribution is -2.22. The SMILES string of the molecule is CCOC(=O)c1ccoc1CN(C)CCCN. The minimum atomic E-state index is -0.330. The number of carbonyl (C=O) groups excluding carboxylic acids is 1. The van der Waals surface area contributed by atoms with Gasteiger partial charge in [0.25, 0.3) is 0 Å². The molecule has 0 aliphatic carbocycles. The molecule has 0 aliphatic rings. The maximum atomic E-state index is 11.6. The summed E-state index contributed by atoms with van der Waals surface area (Å²) in [5.41, 5.74) is 5.95. The molecule has 0 spiro atoms. The van der Waals surface area contributed by atoms with Crippen LogP contribution in [0.15, 0.2) is 16.7 Å². The molecule has 0 unspecified atom stereocenters. The molecule has 1 aromatic rings. The van der Waals surface area contributed by atoms with Gasteiger partial charge >= 0.3 is 5.97 Å².